The van der Waals surface area contributed by atoms with Gasteiger partial charge in [-0.05, 0) is 43.5 Å². The van der Waals surface area contributed by atoms with Crippen LogP contribution in [0.15, 0.2) is 42.7 Å². The van der Waals surface area contributed by atoms with Crippen LogP contribution in [-0.4, -0.2) is 42.7 Å². The second-order valence-corrected chi connectivity index (χ2v) is 5.91. The summed E-state index contributed by atoms with van der Waals surface area (Å²) >= 11 is 0. The Labute approximate surface area is 121 Å². The Morgan fingerprint density at radius 2 is 1.85 bits per heavy atom. The Hall–Kier alpha value is -1.32. The third kappa shape index (κ3) is 3.84. The molecule has 0 unspecified atom stereocenters. The molecule has 0 spiro atoms. The Balaban J connectivity index is 1.41. The van der Waals surface area contributed by atoms with Gasteiger partial charge in [0.15, 0.2) is 0 Å². The number of piperidine rings is 1. The van der Waals surface area contributed by atoms with E-state index in [4.69, 9.17) is 4.74 Å². The van der Waals surface area contributed by atoms with Gasteiger partial charge >= 0.3 is 0 Å². The second-order valence-electron chi connectivity index (χ2n) is 5.91. The molecule has 0 aliphatic carbocycles. The zero-order chi connectivity index (χ0) is 13.6. The van der Waals surface area contributed by atoms with Crippen molar-refractivity contribution in [1.82, 2.24) is 9.80 Å². The smallest absolute Gasteiger partial charge is 0.141 e. The van der Waals surface area contributed by atoms with Crippen LogP contribution in [0.2, 0.25) is 0 Å². The monoisotopic (exact) mass is 272 g/mol. The zero-order valence-electron chi connectivity index (χ0n) is 12.1. The molecule has 2 aliphatic heterocycles. The number of hydrogen-bond acceptors (Lipinski definition) is 3. The maximum atomic E-state index is 5.36. The fraction of sp³-hybridized carbons (Fsp3) is 0.529. The number of hydrogen-bond donors (Lipinski definition) is 0. The SMILES string of the molecule is C1=COCN(CC2CCN(Cc3ccccc3)CC2)C1. The molecule has 0 amide bonds. The van der Waals surface area contributed by atoms with Crippen molar-refractivity contribution in [2.45, 2.75) is 19.4 Å². The average Bonchev–Trinajstić information content (AvgIpc) is 2.51. The third-order valence-electron chi connectivity index (χ3n) is 4.29. The fourth-order valence-electron chi connectivity index (χ4n) is 3.12. The van der Waals surface area contributed by atoms with Crippen LogP contribution < -0.4 is 0 Å². The lowest BCUT2D eigenvalue weighted by Gasteiger charge is -2.35. The predicted octanol–water partition coefficient (Wildman–Crippen LogP) is 2.70. The quantitative estimate of drug-likeness (QED) is 0.838. The molecule has 108 valence electrons. The molecule has 2 aliphatic rings. The maximum Gasteiger partial charge on any atom is 0.141 e. The van der Waals surface area contributed by atoms with Gasteiger partial charge < -0.3 is 4.74 Å². The van der Waals surface area contributed by atoms with E-state index < -0.39 is 0 Å². The first-order valence-corrected chi connectivity index (χ1v) is 7.65. The van der Waals surface area contributed by atoms with Crippen molar-refractivity contribution in [1.29, 1.82) is 0 Å². The second kappa shape index (κ2) is 6.91. The van der Waals surface area contributed by atoms with E-state index in [1.165, 1.54) is 38.0 Å². The lowest BCUT2D eigenvalue weighted by atomic mass is 9.96. The summed E-state index contributed by atoms with van der Waals surface area (Å²) in [5.74, 6) is 0.831. The molecule has 3 heteroatoms. The van der Waals surface area contributed by atoms with E-state index in [2.05, 4.69) is 46.2 Å². The Bertz CT molecular complexity index is 424. The largest absolute Gasteiger partial charge is 0.486 e. The lowest BCUT2D eigenvalue weighted by Crippen LogP contribution is -2.39. The normalized spacial score (nSPS) is 21.8. The predicted molar refractivity (Wildman–Crippen MR) is 81.1 cm³/mol. The van der Waals surface area contributed by atoms with Crippen molar-refractivity contribution in [3.63, 3.8) is 0 Å². The van der Waals surface area contributed by atoms with Gasteiger partial charge in [-0.3, -0.25) is 9.80 Å². The fourth-order valence-corrected chi connectivity index (χ4v) is 3.12. The molecule has 1 aromatic carbocycles. The van der Waals surface area contributed by atoms with Gasteiger partial charge in [-0.2, -0.15) is 0 Å². The highest BCUT2D eigenvalue weighted by Crippen LogP contribution is 2.20. The number of nitrogens with zero attached hydrogens (tertiary/aromatic N) is 2. The minimum Gasteiger partial charge on any atom is -0.486 e. The van der Waals surface area contributed by atoms with E-state index in [-0.39, 0.29) is 0 Å². The first-order chi connectivity index (χ1) is 9.90. The van der Waals surface area contributed by atoms with Crippen molar-refractivity contribution >= 4 is 0 Å². The van der Waals surface area contributed by atoms with Gasteiger partial charge in [0.25, 0.3) is 0 Å². The summed E-state index contributed by atoms with van der Waals surface area (Å²) in [6.07, 6.45) is 6.55. The average molecular weight is 272 g/mol. The number of likely N-dealkylation sites (tertiary alicyclic amines) is 1. The highest BCUT2D eigenvalue weighted by atomic mass is 16.5. The molecule has 3 rings (SSSR count). The van der Waals surface area contributed by atoms with Crippen LogP contribution in [-0.2, 0) is 11.3 Å². The Morgan fingerprint density at radius 3 is 2.55 bits per heavy atom. The molecule has 2 heterocycles. The molecule has 3 nitrogen and oxygen atoms in total. The summed E-state index contributed by atoms with van der Waals surface area (Å²) in [5, 5.41) is 0. The van der Waals surface area contributed by atoms with Crippen molar-refractivity contribution in [3.8, 4) is 0 Å². The standard InChI is InChI=1S/C17H24N2O/c1-2-5-16(6-3-1)13-18-10-7-17(8-11-18)14-19-9-4-12-20-15-19/h1-6,12,17H,7-11,13-15H2. The van der Waals surface area contributed by atoms with Crippen LogP contribution >= 0.6 is 0 Å². The van der Waals surface area contributed by atoms with E-state index >= 15 is 0 Å². The van der Waals surface area contributed by atoms with E-state index in [0.717, 1.165) is 25.7 Å². The minimum absolute atomic E-state index is 0.765. The summed E-state index contributed by atoms with van der Waals surface area (Å²) in [4.78, 5) is 4.98. The van der Waals surface area contributed by atoms with Crippen LogP contribution in [0.25, 0.3) is 0 Å². The van der Waals surface area contributed by atoms with E-state index in [1.54, 1.807) is 0 Å². The molecule has 0 radical (unpaired) electrons. The molecule has 0 atom stereocenters. The van der Waals surface area contributed by atoms with Gasteiger partial charge in [0, 0.05) is 19.6 Å². The van der Waals surface area contributed by atoms with Gasteiger partial charge in [-0.15, -0.1) is 0 Å². The minimum atomic E-state index is 0.765. The van der Waals surface area contributed by atoms with Crippen molar-refractivity contribution in [3.05, 3.63) is 48.2 Å². The maximum absolute atomic E-state index is 5.36. The highest BCUT2D eigenvalue weighted by Gasteiger charge is 2.21. The molecule has 1 fully saturated rings. The summed E-state index contributed by atoms with van der Waals surface area (Å²) in [6, 6.07) is 10.8. The molecular weight excluding hydrogens is 248 g/mol. The van der Waals surface area contributed by atoms with Gasteiger partial charge in [-0.25, -0.2) is 0 Å². The molecule has 1 saturated heterocycles. The van der Waals surface area contributed by atoms with Gasteiger partial charge in [0.05, 0.1) is 6.26 Å². The third-order valence-corrected chi connectivity index (χ3v) is 4.29. The Morgan fingerprint density at radius 1 is 1.05 bits per heavy atom. The molecule has 1 aromatic rings. The van der Waals surface area contributed by atoms with Gasteiger partial charge in [0.2, 0.25) is 0 Å². The lowest BCUT2D eigenvalue weighted by molar-refractivity contribution is 0.0563. The summed E-state index contributed by atoms with van der Waals surface area (Å²) in [7, 11) is 0. The van der Waals surface area contributed by atoms with Crippen molar-refractivity contribution < 1.29 is 4.74 Å². The number of benzene rings is 1. The van der Waals surface area contributed by atoms with E-state index in [0.29, 0.717) is 0 Å². The van der Waals surface area contributed by atoms with Crippen molar-refractivity contribution in [2.75, 3.05) is 32.9 Å². The van der Waals surface area contributed by atoms with Crippen molar-refractivity contribution in [2.24, 2.45) is 5.92 Å². The van der Waals surface area contributed by atoms with E-state index in [9.17, 15) is 0 Å². The van der Waals surface area contributed by atoms with Crippen LogP contribution in [0.4, 0.5) is 0 Å². The van der Waals surface area contributed by atoms with Gasteiger partial charge in [0.1, 0.15) is 6.73 Å². The molecule has 0 N–H and O–H groups in total. The summed E-state index contributed by atoms with van der Waals surface area (Å²) < 4.78 is 5.36. The molecule has 20 heavy (non-hydrogen) atoms. The zero-order valence-corrected chi connectivity index (χ0v) is 12.1. The first kappa shape index (κ1) is 13.7. The van der Waals surface area contributed by atoms with E-state index in [1.807, 2.05) is 6.26 Å². The molecule has 0 bridgehead atoms. The first-order valence-electron chi connectivity index (χ1n) is 7.65. The number of rotatable bonds is 4. The van der Waals surface area contributed by atoms with Gasteiger partial charge in [-0.1, -0.05) is 30.3 Å². The van der Waals surface area contributed by atoms with Crippen LogP contribution in [0.3, 0.4) is 0 Å². The summed E-state index contributed by atoms with van der Waals surface area (Å²) in [5.41, 5.74) is 1.43. The molecule has 0 saturated carbocycles. The molecule has 0 aromatic heterocycles. The highest BCUT2D eigenvalue weighted by molar-refractivity contribution is 5.14. The Kier molecular flexibility index (Phi) is 4.72. The molecular formula is C17H24N2O. The topological polar surface area (TPSA) is 15.7 Å². The van der Waals surface area contributed by atoms with Crippen LogP contribution in [0.1, 0.15) is 18.4 Å². The van der Waals surface area contributed by atoms with Crippen LogP contribution in [0, 0.1) is 5.92 Å². The summed E-state index contributed by atoms with van der Waals surface area (Å²) in [6.45, 7) is 6.55. The number of ether oxygens (including phenoxy) is 1. The van der Waals surface area contributed by atoms with Crippen LogP contribution in [0.5, 0.6) is 0 Å².